The Morgan fingerprint density at radius 1 is 1.40 bits per heavy atom. The number of rotatable bonds is 3. The van der Waals surface area contributed by atoms with E-state index in [1.165, 1.54) is 6.08 Å². The number of nitrogens with one attached hydrogen (secondary N) is 1. The first-order chi connectivity index (χ1) is 9.49. The Morgan fingerprint density at radius 2 is 2.10 bits per heavy atom. The summed E-state index contributed by atoms with van der Waals surface area (Å²) >= 11 is 0. The van der Waals surface area contributed by atoms with Crippen molar-refractivity contribution < 1.29 is 9.90 Å². The maximum absolute atomic E-state index is 11.9. The van der Waals surface area contributed by atoms with E-state index in [4.69, 9.17) is 0 Å². The monoisotopic (exact) mass is 277 g/mol. The topological polar surface area (TPSA) is 67.2 Å². The molecule has 0 radical (unpaired) electrons. The van der Waals surface area contributed by atoms with Crippen LogP contribution in [0.25, 0.3) is 6.08 Å². The summed E-state index contributed by atoms with van der Waals surface area (Å²) in [6.07, 6.45) is 6.63. The van der Waals surface area contributed by atoms with Gasteiger partial charge in [0.1, 0.15) is 0 Å². The van der Waals surface area contributed by atoms with Gasteiger partial charge >= 0.3 is 0 Å². The summed E-state index contributed by atoms with van der Waals surface area (Å²) in [6, 6.07) is -0.114. The van der Waals surface area contributed by atoms with Crippen LogP contribution in [-0.2, 0) is 11.8 Å². The predicted octanol–water partition coefficient (Wildman–Crippen LogP) is 1.47. The Kier molecular flexibility index (Phi) is 4.60. The summed E-state index contributed by atoms with van der Waals surface area (Å²) in [7, 11) is 1.89. The van der Waals surface area contributed by atoms with Crippen molar-refractivity contribution in [3.63, 3.8) is 0 Å². The Hall–Kier alpha value is -1.62. The van der Waals surface area contributed by atoms with Crippen LogP contribution in [0.15, 0.2) is 6.08 Å². The molecule has 0 bridgehead atoms. The van der Waals surface area contributed by atoms with Crippen LogP contribution in [0.3, 0.4) is 0 Å². The molecule has 0 aromatic carbocycles. The lowest BCUT2D eigenvalue weighted by Crippen LogP contribution is -2.44. The van der Waals surface area contributed by atoms with E-state index in [0.717, 1.165) is 42.6 Å². The molecule has 0 unspecified atom stereocenters. The standard InChI is InChI=1S/C15H23N3O2/c1-10-12(11(2)18(3)17-10)8-9-15(20)16-13-6-4-5-7-14(13)19/h8-9,13-14,19H,4-7H2,1-3H3,(H,16,20)/b9-8+/t13-,14-/m0/s1. The number of nitrogens with zero attached hydrogens (tertiary/aromatic N) is 2. The molecule has 5 nitrogen and oxygen atoms in total. The van der Waals surface area contributed by atoms with Crippen molar-refractivity contribution in [1.82, 2.24) is 15.1 Å². The van der Waals surface area contributed by atoms with Crippen LogP contribution >= 0.6 is 0 Å². The van der Waals surface area contributed by atoms with Crippen molar-refractivity contribution in [3.05, 3.63) is 23.0 Å². The summed E-state index contributed by atoms with van der Waals surface area (Å²) in [5.74, 6) is -0.154. The van der Waals surface area contributed by atoms with Crippen LogP contribution in [0, 0.1) is 13.8 Å². The number of hydrogen-bond acceptors (Lipinski definition) is 3. The molecule has 1 aliphatic rings. The van der Waals surface area contributed by atoms with E-state index in [2.05, 4.69) is 10.4 Å². The van der Waals surface area contributed by atoms with Crippen LogP contribution in [0.1, 0.15) is 42.6 Å². The minimum Gasteiger partial charge on any atom is -0.391 e. The third kappa shape index (κ3) is 3.28. The smallest absolute Gasteiger partial charge is 0.244 e. The Bertz CT molecular complexity index is 519. The Balaban J connectivity index is 1.98. The van der Waals surface area contributed by atoms with Crippen molar-refractivity contribution in [3.8, 4) is 0 Å². The highest BCUT2D eigenvalue weighted by Crippen LogP contribution is 2.18. The first-order valence-corrected chi connectivity index (χ1v) is 7.16. The number of carbonyl (C=O) groups is 1. The van der Waals surface area contributed by atoms with Crippen molar-refractivity contribution >= 4 is 12.0 Å². The van der Waals surface area contributed by atoms with E-state index in [1.807, 2.05) is 20.9 Å². The maximum atomic E-state index is 11.9. The molecule has 1 fully saturated rings. The highest BCUT2D eigenvalue weighted by molar-refractivity contribution is 5.92. The molecule has 0 aliphatic heterocycles. The molecule has 2 atom stereocenters. The number of aliphatic hydroxyl groups excluding tert-OH is 1. The second kappa shape index (κ2) is 6.22. The number of aliphatic hydroxyl groups is 1. The van der Waals surface area contributed by atoms with Gasteiger partial charge in [-0.15, -0.1) is 0 Å². The lowest BCUT2D eigenvalue weighted by atomic mass is 9.92. The summed E-state index contributed by atoms with van der Waals surface area (Å²) in [6.45, 7) is 3.90. The van der Waals surface area contributed by atoms with Gasteiger partial charge in [-0.05, 0) is 32.8 Å². The van der Waals surface area contributed by atoms with Crippen LogP contribution in [-0.4, -0.2) is 32.9 Å². The van der Waals surface area contributed by atoms with E-state index in [9.17, 15) is 9.90 Å². The normalized spacial score (nSPS) is 23.2. The zero-order chi connectivity index (χ0) is 14.7. The quantitative estimate of drug-likeness (QED) is 0.822. The molecule has 2 rings (SSSR count). The fourth-order valence-electron chi connectivity index (χ4n) is 2.70. The van der Waals surface area contributed by atoms with E-state index < -0.39 is 6.10 Å². The molecule has 2 N–H and O–H groups in total. The molecular weight excluding hydrogens is 254 g/mol. The van der Waals surface area contributed by atoms with E-state index in [-0.39, 0.29) is 11.9 Å². The van der Waals surface area contributed by atoms with Crippen LogP contribution < -0.4 is 5.32 Å². The van der Waals surface area contributed by atoms with E-state index in [1.54, 1.807) is 10.8 Å². The van der Waals surface area contributed by atoms with Crippen LogP contribution in [0.2, 0.25) is 0 Å². The Labute approximate surface area is 119 Å². The van der Waals surface area contributed by atoms with Crippen LogP contribution in [0.4, 0.5) is 0 Å². The minimum absolute atomic E-state index is 0.114. The number of aryl methyl sites for hydroxylation is 2. The zero-order valence-corrected chi connectivity index (χ0v) is 12.4. The van der Waals surface area contributed by atoms with Crippen LogP contribution in [0.5, 0.6) is 0 Å². The molecule has 1 aromatic rings. The average molecular weight is 277 g/mol. The van der Waals surface area contributed by atoms with Gasteiger partial charge < -0.3 is 10.4 Å². The third-order valence-electron chi connectivity index (χ3n) is 4.02. The van der Waals surface area contributed by atoms with Gasteiger partial charge in [-0.1, -0.05) is 12.8 Å². The summed E-state index contributed by atoms with van der Waals surface area (Å²) in [5.41, 5.74) is 2.92. The van der Waals surface area contributed by atoms with Gasteiger partial charge in [0.25, 0.3) is 0 Å². The van der Waals surface area contributed by atoms with Gasteiger partial charge in [0.2, 0.25) is 5.91 Å². The highest BCUT2D eigenvalue weighted by Gasteiger charge is 2.23. The van der Waals surface area contributed by atoms with Crippen molar-refractivity contribution in [1.29, 1.82) is 0 Å². The second-order valence-corrected chi connectivity index (χ2v) is 5.51. The van der Waals surface area contributed by atoms with Gasteiger partial charge in [0.05, 0.1) is 17.8 Å². The first-order valence-electron chi connectivity index (χ1n) is 7.16. The van der Waals surface area contributed by atoms with Gasteiger partial charge in [-0.25, -0.2) is 0 Å². The SMILES string of the molecule is Cc1nn(C)c(C)c1/C=C/C(=O)N[C@H]1CCCC[C@@H]1O. The molecule has 110 valence electrons. The van der Waals surface area contributed by atoms with Gasteiger partial charge in [0, 0.05) is 24.4 Å². The molecular formula is C15H23N3O2. The number of carbonyl (C=O) groups excluding carboxylic acids is 1. The van der Waals surface area contributed by atoms with Gasteiger partial charge in [0.15, 0.2) is 0 Å². The molecule has 1 heterocycles. The molecule has 0 spiro atoms. The zero-order valence-electron chi connectivity index (χ0n) is 12.4. The lowest BCUT2D eigenvalue weighted by molar-refractivity contribution is -0.118. The van der Waals surface area contributed by atoms with E-state index >= 15 is 0 Å². The van der Waals surface area contributed by atoms with Crippen molar-refractivity contribution in [2.24, 2.45) is 7.05 Å². The molecule has 1 aliphatic carbocycles. The summed E-state index contributed by atoms with van der Waals surface area (Å²) in [5, 5.41) is 17.0. The largest absolute Gasteiger partial charge is 0.391 e. The number of aromatic nitrogens is 2. The molecule has 1 saturated carbocycles. The number of amides is 1. The minimum atomic E-state index is -0.414. The molecule has 5 heteroatoms. The predicted molar refractivity (Wildman–Crippen MR) is 78.1 cm³/mol. The number of hydrogen-bond donors (Lipinski definition) is 2. The summed E-state index contributed by atoms with van der Waals surface area (Å²) < 4.78 is 1.80. The lowest BCUT2D eigenvalue weighted by Gasteiger charge is -2.27. The fraction of sp³-hybridized carbons (Fsp3) is 0.600. The summed E-state index contributed by atoms with van der Waals surface area (Å²) in [4.78, 5) is 11.9. The third-order valence-corrected chi connectivity index (χ3v) is 4.02. The second-order valence-electron chi connectivity index (χ2n) is 5.51. The van der Waals surface area contributed by atoms with E-state index in [0.29, 0.717) is 0 Å². The maximum Gasteiger partial charge on any atom is 0.244 e. The van der Waals surface area contributed by atoms with Gasteiger partial charge in [-0.2, -0.15) is 5.10 Å². The Morgan fingerprint density at radius 3 is 2.70 bits per heavy atom. The molecule has 0 saturated heterocycles. The van der Waals surface area contributed by atoms with Crippen molar-refractivity contribution in [2.75, 3.05) is 0 Å². The molecule has 1 aromatic heterocycles. The highest BCUT2D eigenvalue weighted by atomic mass is 16.3. The average Bonchev–Trinajstić information content (AvgIpc) is 2.64. The molecule has 1 amide bonds. The van der Waals surface area contributed by atoms with Crippen molar-refractivity contribution in [2.45, 2.75) is 51.7 Å². The van der Waals surface area contributed by atoms with Gasteiger partial charge in [-0.3, -0.25) is 9.48 Å². The first kappa shape index (κ1) is 14.8. The fourth-order valence-corrected chi connectivity index (χ4v) is 2.70. The molecule has 20 heavy (non-hydrogen) atoms.